The quantitative estimate of drug-likeness (QED) is 0.260. The van der Waals surface area contributed by atoms with Gasteiger partial charge in [-0.25, -0.2) is 0 Å². The van der Waals surface area contributed by atoms with Gasteiger partial charge in [0.1, 0.15) is 16.9 Å². The maximum atomic E-state index is 12.9. The first-order chi connectivity index (χ1) is 17.0. The predicted octanol–water partition coefficient (Wildman–Crippen LogP) is 5.91. The summed E-state index contributed by atoms with van der Waals surface area (Å²) in [7, 11) is 0. The third kappa shape index (κ3) is 3.77. The number of hydrogen-bond acceptors (Lipinski definition) is 5. The second-order valence-corrected chi connectivity index (χ2v) is 9.80. The first-order valence-corrected chi connectivity index (χ1v) is 12.5. The van der Waals surface area contributed by atoms with Crippen molar-refractivity contribution in [1.82, 2.24) is 10.2 Å². The van der Waals surface area contributed by atoms with Gasteiger partial charge in [-0.05, 0) is 81.6 Å². The van der Waals surface area contributed by atoms with Gasteiger partial charge in [-0.3, -0.25) is 14.9 Å². The summed E-state index contributed by atoms with van der Waals surface area (Å²) in [6.45, 7) is 3.47. The van der Waals surface area contributed by atoms with Gasteiger partial charge in [0.2, 0.25) is 0 Å². The van der Waals surface area contributed by atoms with Crippen LogP contribution in [0.15, 0.2) is 46.9 Å². The average molecular weight is 489 g/mol. The minimum Gasteiger partial charge on any atom is -0.508 e. The van der Waals surface area contributed by atoms with Crippen LogP contribution in [0.4, 0.5) is 0 Å². The number of hydrogen-bond donors (Lipinski definition) is 2. The number of amides is 2. The fraction of sp³-hybridized carbons (Fsp3) is 0.286. The summed E-state index contributed by atoms with van der Waals surface area (Å²) in [5.74, 6) is -0.762. The first-order valence-electron chi connectivity index (χ1n) is 12.1. The molecule has 3 heterocycles. The molecule has 178 valence electrons. The number of phenols is 1. The van der Waals surface area contributed by atoms with Crippen LogP contribution in [-0.2, 0) is 6.42 Å². The highest BCUT2D eigenvalue weighted by atomic mass is 35.5. The van der Waals surface area contributed by atoms with Crippen LogP contribution in [0, 0.1) is 0 Å². The third-order valence-electron chi connectivity index (χ3n) is 7.18. The Morgan fingerprint density at radius 1 is 0.943 bits per heavy atom. The molecule has 6 rings (SSSR count). The number of unbranched alkanes of at least 4 members (excludes halogenated alkanes) is 1. The number of nitrogens with one attached hydrogen (secondary N) is 1. The number of imide groups is 1. The van der Waals surface area contributed by atoms with E-state index in [1.54, 1.807) is 18.2 Å². The van der Waals surface area contributed by atoms with E-state index in [1.165, 1.54) is 25.9 Å². The molecule has 4 aromatic rings. The summed E-state index contributed by atoms with van der Waals surface area (Å²) in [6.07, 6.45) is 5.37. The van der Waals surface area contributed by atoms with Crippen LogP contribution < -0.4 is 5.32 Å². The minimum absolute atomic E-state index is 0.176. The lowest BCUT2D eigenvalue weighted by molar-refractivity contribution is 0.0880. The maximum absolute atomic E-state index is 12.9. The zero-order valence-corrected chi connectivity index (χ0v) is 20.0. The molecule has 7 heteroatoms. The van der Waals surface area contributed by atoms with Gasteiger partial charge in [-0.1, -0.05) is 29.8 Å². The summed E-state index contributed by atoms with van der Waals surface area (Å²) in [5.41, 5.74) is 3.62. The minimum atomic E-state index is -0.475. The zero-order valence-electron chi connectivity index (χ0n) is 19.2. The van der Waals surface area contributed by atoms with E-state index in [0.717, 1.165) is 31.4 Å². The molecule has 0 radical (unpaired) electrons. The number of phenolic OH excluding ortho intramolecular Hbond substituents is 1. The molecular weight excluding hydrogens is 464 g/mol. The molecule has 6 nitrogen and oxygen atoms in total. The van der Waals surface area contributed by atoms with E-state index in [1.807, 2.05) is 24.3 Å². The fourth-order valence-corrected chi connectivity index (χ4v) is 5.69. The number of halogens is 1. The normalized spacial score (nSPS) is 15.9. The van der Waals surface area contributed by atoms with E-state index in [2.05, 4.69) is 10.2 Å². The standard InChI is InChI=1S/C28H25ClN2O4/c29-20-9-2-1-8-17(20)18-15-23-24(26-25(18)27(33)30-28(26)34)19-14-21(32)16(13-22(19)35-23)7-3-4-10-31-11-5-6-12-31/h1-2,8-9,13-15,32H,3-7,10-12H2,(H,30,33,34). The van der Waals surface area contributed by atoms with Gasteiger partial charge in [0.05, 0.1) is 11.1 Å². The first kappa shape index (κ1) is 22.1. The number of aryl methyl sites for hydroxylation is 1. The van der Waals surface area contributed by atoms with E-state index >= 15 is 0 Å². The molecule has 1 fully saturated rings. The van der Waals surface area contributed by atoms with E-state index < -0.39 is 11.8 Å². The number of aromatic hydroxyl groups is 1. The lowest BCUT2D eigenvalue weighted by atomic mass is 9.92. The number of carbonyl (C=O) groups excluding carboxylic acids is 2. The molecule has 2 aliphatic heterocycles. The second-order valence-electron chi connectivity index (χ2n) is 9.40. The van der Waals surface area contributed by atoms with Crippen molar-refractivity contribution in [3.63, 3.8) is 0 Å². The lowest BCUT2D eigenvalue weighted by Crippen LogP contribution is -2.20. The molecule has 35 heavy (non-hydrogen) atoms. The molecule has 2 N–H and O–H groups in total. The largest absolute Gasteiger partial charge is 0.508 e. The molecule has 0 bridgehead atoms. The molecule has 1 saturated heterocycles. The average Bonchev–Trinajstić information content (AvgIpc) is 3.55. The van der Waals surface area contributed by atoms with Crippen LogP contribution in [0.1, 0.15) is 52.0 Å². The van der Waals surface area contributed by atoms with E-state index in [0.29, 0.717) is 38.1 Å². The van der Waals surface area contributed by atoms with Crippen molar-refractivity contribution in [3.8, 4) is 16.9 Å². The molecule has 0 saturated carbocycles. The predicted molar refractivity (Wildman–Crippen MR) is 136 cm³/mol. The maximum Gasteiger partial charge on any atom is 0.259 e. The Morgan fingerprint density at radius 2 is 1.71 bits per heavy atom. The van der Waals surface area contributed by atoms with Crippen molar-refractivity contribution >= 4 is 45.4 Å². The number of nitrogens with zero attached hydrogens (tertiary/aromatic N) is 1. The highest BCUT2D eigenvalue weighted by Gasteiger charge is 2.35. The van der Waals surface area contributed by atoms with Crippen LogP contribution >= 0.6 is 11.6 Å². The van der Waals surface area contributed by atoms with Crippen LogP contribution in [0.3, 0.4) is 0 Å². The van der Waals surface area contributed by atoms with E-state index in [9.17, 15) is 14.7 Å². The molecular formula is C28H25ClN2O4. The highest BCUT2D eigenvalue weighted by molar-refractivity contribution is 6.35. The number of furan rings is 1. The van der Waals surface area contributed by atoms with Crippen LogP contribution in [0.2, 0.25) is 5.02 Å². The summed E-state index contributed by atoms with van der Waals surface area (Å²) >= 11 is 6.43. The Hall–Kier alpha value is -3.35. The third-order valence-corrected chi connectivity index (χ3v) is 7.51. The Kier molecular flexibility index (Phi) is 5.50. The Bertz CT molecular complexity index is 1500. The number of likely N-dealkylation sites (tertiary alicyclic amines) is 1. The molecule has 0 atom stereocenters. The number of fused-ring (bicyclic) bond motifs is 5. The Labute approximate surface area is 207 Å². The Morgan fingerprint density at radius 3 is 2.51 bits per heavy atom. The van der Waals surface area contributed by atoms with Crippen molar-refractivity contribution in [1.29, 1.82) is 0 Å². The number of benzene rings is 3. The second kappa shape index (κ2) is 8.70. The van der Waals surface area contributed by atoms with Gasteiger partial charge in [-0.2, -0.15) is 0 Å². The van der Waals surface area contributed by atoms with Crippen LogP contribution in [0.5, 0.6) is 5.75 Å². The SMILES string of the molecule is O=C1NC(=O)c2c1c(-c1ccccc1Cl)cc1oc3cc(CCCCN4CCCC4)c(O)cc3c21. The molecule has 0 unspecified atom stereocenters. The summed E-state index contributed by atoms with van der Waals surface area (Å²) in [5, 5.41) is 14.8. The molecule has 0 spiro atoms. The van der Waals surface area contributed by atoms with Crippen LogP contribution in [0.25, 0.3) is 33.1 Å². The molecule has 2 aliphatic rings. The molecule has 0 aliphatic carbocycles. The van der Waals surface area contributed by atoms with Crippen molar-refractivity contribution in [2.24, 2.45) is 0 Å². The van der Waals surface area contributed by atoms with E-state index in [4.69, 9.17) is 16.0 Å². The monoisotopic (exact) mass is 488 g/mol. The number of rotatable bonds is 6. The topological polar surface area (TPSA) is 82.8 Å². The molecule has 3 aromatic carbocycles. The van der Waals surface area contributed by atoms with Gasteiger partial charge in [0.25, 0.3) is 11.8 Å². The van der Waals surface area contributed by atoms with Gasteiger partial charge in [0, 0.05) is 26.9 Å². The van der Waals surface area contributed by atoms with Gasteiger partial charge >= 0.3 is 0 Å². The van der Waals surface area contributed by atoms with Crippen molar-refractivity contribution in [3.05, 3.63) is 64.2 Å². The summed E-state index contributed by atoms with van der Waals surface area (Å²) in [4.78, 5) is 28.1. The smallest absolute Gasteiger partial charge is 0.259 e. The highest BCUT2D eigenvalue weighted by Crippen LogP contribution is 2.43. The molecule has 2 amide bonds. The van der Waals surface area contributed by atoms with Gasteiger partial charge < -0.3 is 14.4 Å². The van der Waals surface area contributed by atoms with E-state index in [-0.39, 0.29) is 16.9 Å². The van der Waals surface area contributed by atoms with Crippen molar-refractivity contribution < 1.29 is 19.1 Å². The zero-order chi connectivity index (χ0) is 24.1. The summed E-state index contributed by atoms with van der Waals surface area (Å²) < 4.78 is 6.19. The lowest BCUT2D eigenvalue weighted by Gasteiger charge is -2.14. The fourth-order valence-electron chi connectivity index (χ4n) is 5.46. The van der Waals surface area contributed by atoms with Crippen molar-refractivity contribution in [2.75, 3.05) is 19.6 Å². The summed E-state index contributed by atoms with van der Waals surface area (Å²) in [6, 6.07) is 12.5. The van der Waals surface area contributed by atoms with Gasteiger partial charge in [0.15, 0.2) is 0 Å². The number of carbonyl (C=O) groups is 2. The van der Waals surface area contributed by atoms with Crippen molar-refractivity contribution in [2.45, 2.75) is 32.1 Å². The van der Waals surface area contributed by atoms with Crippen LogP contribution in [-0.4, -0.2) is 41.5 Å². The molecule has 1 aromatic heterocycles. The van der Waals surface area contributed by atoms with Gasteiger partial charge in [-0.15, -0.1) is 0 Å². The Balaban J connectivity index is 1.42.